The lowest BCUT2D eigenvalue weighted by molar-refractivity contribution is -0.156. The molecule has 4 aromatic rings. The lowest BCUT2D eigenvalue weighted by Gasteiger charge is -2.37. The number of hydrazine groups is 1. The molecular formula is C52H66FN7O8. The molecule has 0 aliphatic carbocycles. The Kier molecular flexibility index (Phi) is 14.9. The van der Waals surface area contributed by atoms with Gasteiger partial charge in [0.25, 0.3) is 11.8 Å². The van der Waals surface area contributed by atoms with Crippen LogP contribution in [0.15, 0.2) is 67.4 Å². The van der Waals surface area contributed by atoms with Crippen molar-refractivity contribution < 1.29 is 42.9 Å². The number of fused-ring (bicyclic) bond motifs is 6. The summed E-state index contributed by atoms with van der Waals surface area (Å²) in [6.45, 7) is 15.2. The Bertz CT molecular complexity index is 2590. The Labute approximate surface area is 398 Å². The first-order chi connectivity index (χ1) is 32.3. The van der Waals surface area contributed by atoms with Crippen LogP contribution in [-0.4, -0.2) is 123 Å². The predicted octanol–water partition coefficient (Wildman–Crippen LogP) is 5.85. The highest BCUT2D eigenvalue weighted by Gasteiger charge is 2.48. The van der Waals surface area contributed by atoms with Crippen molar-refractivity contribution in [2.75, 3.05) is 40.4 Å². The third-order valence-electron chi connectivity index (χ3n) is 13.7. The highest BCUT2D eigenvalue weighted by molar-refractivity contribution is 5.97. The van der Waals surface area contributed by atoms with Gasteiger partial charge in [-0.2, -0.15) is 0 Å². The van der Waals surface area contributed by atoms with Crippen LogP contribution in [-0.2, 0) is 59.5 Å². The molecule has 2 saturated heterocycles. The van der Waals surface area contributed by atoms with Crippen LogP contribution in [0.25, 0.3) is 33.3 Å². The Morgan fingerprint density at radius 2 is 1.88 bits per heavy atom. The Morgan fingerprint density at radius 3 is 2.57 bits per heavy atom. The van der Waals surface area contributed by atoms with Crippen LogP contribution < -0.4 is 10.7 Å². The molecule has 15 nitrogen and oxygen atoms in total. The van der Waals surface area contributed by atoms with Gasteiger partial charge in [0, 0.05) is 74.7 Å². The van der Waals surface area contributed by atoms with E-state index in [4.69, 9.17) is 14.5 Å². The maximum absolute atomic E-state index is 15.0. The molecule has 1 unspecified atom stereocenters. The number of methoxy groups -OCH3 is 1. The molecule has 5 heterocycles. The number of hydrogen-bond acceptors (Lipinski definition) is 10. The molecule has 68 heavy (non-hydrogen) atoms. The minimum absolute atomic E-state index is 0.0305. The van der Waals surface area contributed by atoms with E-state index in [0.717, 1.165) is 45.1 Å². The lowest BCUT2D eigenvalue weighted by atomic mass is 9.84. The van der Waals surface area contributed by atoms with E-state index in [1.54, 1.807) is 39.3 Å². The van der Waals surface area contributed by atoms with Crippen LogP contribution in [0.3, 0.4) is 0 Å². The summed E-state index contributed by atoms with van der Waals surface area (Å²) in [6, 6.07) is 12.3. The number of aromatic nitrogens is 2. The number of halogens is 1. The highest BCUT2D eigenvalue weighted by Crippen LogP contribution is 2.42. The topological polar surface area (TPSA) is 176 Å². The van der Waals surface area contributed by atoms with E-state index in [1.807, 2.05) is 25.1 Å². The highest BCUT2D eigenvalue weighted by atomic mass is 19.1. The number of likely N-dealkylation sites (tertiary alicyclic amines) is 1. The van der Waals surface area contributed by atoms with Gasteiger partial charge >= 0.3 is 5.97 Å². The van der Waals surface area contributed by atoms with Gasteiger partial charge in [-0.1, -0.05) is 52.5 Å². The molecule has 0 spiro atoms. The number of nitrogens with one attached hydrogen (secondary N) is 2. The summed E-state index contributed by atoms with van der Waals surface area (Å²) in [6.07, 6.45) is 3.86. The first-order valence-corrected chi connectivity index (χ1v) is 23.6. The number of alkyl halides is 1. The third kappa shape index (κ3) is 10.1. The Balaban J connectivity index is 1.33. The fraction of sp³-hybridized carbons (Fsp3) is 0.500. The summed E-state index contributed by atoms with van der Waals surface area (Å²) >= 11 is 0. The van der Waals surface area contributed by atoms with Gasteiger partial charge in [-0.3, -0.25) is 34.0 Å². The van der Waals surface area contributed by atoms with Crippen molar-refractivity contribution in [3.05, 3.63) is 89.8 Å². The van der Waals surface area contributed by atoms with Crippen LogP contribution >= 0.6 is 0 Å². The third-order valence-corrected chi connectivity index (χ3v) is 13.7. The molecule has 7 rings (SSSR count). The number of β-amino-alcohol motifs (C(OH)–C–C–N with tert-alkyl or cyclic N) is 1. The second-order valence-corrected chi connectivity index (χ2v) is 19.7. The molecule has 2 aromatic heterocycles. The summed E-state index contributed by atoms with van der Waals surface area (Å²) < 4.78 is 29.1. The van der Waals surface area contributed by atoms with Gasteiger partial charge in [0.15, 0.2) is 5.60 Å². The zero-order valence-electron chi connectivity index (χ0n) is 40.6. The second kappa shape index (κ2) is 20.3. The first kappa shape index (κ1) is 49.9. The molecule has 2 aromatic carbocycles. The fourth-order valence-electron chi connectivity index (χ4n) is 10.2. The number of pyridine rings is 1. The molecule has 2 fully saturated rings. The number of esters is 1. The van der Waals surface area contributed by atoms with E-state index < -0.39 is 71.3 Å². The molecule has 4 amide bonds. The van der Waals surface area contributed by atoms with Crippen LogP contribution in [0.2, 0.25) is 0 Å². The average Bonchev–Trinajstić information content (AvgIpc) is 3.88. The van der Waals surface area contributed by atoms with E-state index >= 15 is 0 Å². The van der Waals surface area contributed by atoms with Crippen LogP contribution in [0, 0.1) is 11.3 Å². The number of rotatable bonds is 11. The number of carbonyl (C=O) groups is 5. The van der Waals surface area contributed by atoms with Crippen molar-refractivity contribution in [2.45, 2.75) is 117 Å². The number of benzene rings is 2. The number of likely N-dealkylation sites (N-methyl/N-ethyl adjacent to an activating group) is 1. The number of amides is 4. The second-order valence-electron chi connectivity index (χ2n) is 19.7. The quantitative estimate of drug-likeness (QED) is 0.122. The molecule has 16 heteroatoms. The summed E-state index contributed by atoms with van der Waals surface area (Å²) in [4.78, 5) is 77.0. The van der Waals surface area contributed by atoms with Crippen molar-refractivity contribution in [3.63, 3.8) is 0 Å². The average molecular weight is 936 g/mol. The number of hydrogen-bond donors (Lipinski definition) is 3. The minimum atomic E-state index is -1.94. The first-order valence-electron chi connectivity index (χ1n) is 23.6. The van der Waals surface area contributed by atoms with Gasteiger partial charge in [0.05, 0.1) is 30.6 Å². The summed E-state index contributed by atoms with van der Waals surface area (Å²) in [5, 5.41) is 16.7. The molecular weight excluding hydrogens is 870 g/mol. The van der Waals surface area contributed by atoms with Crippen molar-refractivity contribution in [3.8, 4) is 22.4 Å². The number of aryl methyl sites for hydroxylation is 1. The van der Waals surface area contributed by atoms with Gasteiger partial charge in [0.1, 0.15) is 24.8 Å². The monoisotopic (exact) mass is 935 g/mol. The Morgan fingerprint density at radius 1 is 1.12 bits per heavy atom. The molecule has 0 saturated carbocycles. The zero-order chi connectivity index (χ0) is 49.2. The van der Waals surface area contributed by atoms with Crippen molar-refractivity contribution in [1.82, 2.24) is 35.1 Å². The molecule has 3 N–H and O–H groups in total. The molecule has 3 aliphatic heterocycles. The van der Waals surface area contributed by atoms with Gasteiger partial charge in [-0.15, -0.1) is 0 Å². The Hall–Kier alpha value is -5.97. The molecule has 3 aliphatic rings. The summed E-state index contributed by atoms with van der Waals surface area (Å²) in [5.74, 6) is -3.35. The molecule has 364 valence electrons. The predicted molar refractivity (Wildman–Crippen MR) is 256 cm³/mol. The normalized spacial score (nSPS) is 21.8. The lowest BCUT2D eigenvalue weighted by Crippen LogP contribution is -2.63. The van der Waals surface area contributed by atoms with Crippen LogP contribution in [0.4, 0.5) is 4.39 Å². The zero-order valence-corrected chi connectivity index (χ0v) is 40.6. The number of aliphatic hydroxyl groups is 1. The number of cyclic esters (lactones) is 1. The van der Waals surface area contributed by atoms with E-state index in [0.29, 0.717) is 42.5 Å². The standard InChI is InChI=1S/C52H66FN7O8/c1-10-43(61)58-21-18-52(66,29-58)50(65)57(8)45(31(3)4)47(62)55-41-25-33-22-34(28-53)24-36(23-33)35-16-17-42-38(26-35)39(46(59(42)11-2)37-14-12-19-54-44(37)32(5)67-9)27-51(6,7)30-68-49(64)40-15-13-20-60(56-40)48(41)63/h10,12,14,16-17,19,22-24,26,31-32,40-41,45,56,66H,1,11,13,15,18,20-21,25,27-30H2,2-9H3,(H,55,62)/t32-,40-,41-,45-,52?/m0/s1. The van der Waals surface area contributed by atoms with Crippen molar-refractivity contribution in [1.29, 1.82) is 0 Å². The molecule has 5 atom stereocenters. The van der Waals surface area contributed by atoms with Gasteiger partial charge < -0.3 is 34.3 Å². The maximum Gasteiger partial charge on any atom is 0.324 e. The summed E-state index contributed by atoms with van der Waals surface area (Å²) in [5.41, 5.74) is 7.76. The van der Waals surface area contributed by atoms with E-state index in [-0.39, 0.29) is 45.2 Å². The van der Waals surface area contributed by atoms with Crippen molar-refractivity contribution >= 4 is 40.5 Å². The minimum Gasteiger partial charge on any atom is -0.464 e. The number of nitrogens with zero attached hydrogens (tertiary/aromatic N) is 5. The van der Waals surface area contributed by atoms with E-state index in [9.17, 15) is 33.5 Å². The van der Waals surface area contributed by atoms with Crippen molar-refractivity contribution in [2.24, 2.45) is 11.3 Å². The number of carbonyl (C=O) groups excluding carboxylic acids is 5. The van der Waals surface area contributed by atoms with E-state index in [1.165, 1.54) is 21.9 Å². The molecule has 6 bridgehead atoms. The summed E-state index contributed by atoms with van der Waals surface area (Å²) in [7, 11) is 3.08. The smallest absolute Gasteiger partial charge is 0.324 e. The maximum atomic E-state index is 15.0. The van der Waals surface area contributed by atoms with Gasteiger partial charge in [0.2, 0.25) is 11.8 Å². The van der Waals surface area contributed by atoms with E-state index in [2.05, 4.69) is 60.9 Å². The SMILES string of the molecule is C=CC(=O)N1CCC(O)(C(=O)N(C)[C@H](C(=O)N[C@H]2Cc3cc(CF)cc(c3)-c3ccc4c(c3)c(c(-c3cccnc3[C@H](C)OC)n4CC)CC(C)(C)COC(=O)[C@@H]3CCCN(N3)C2=O)C(C)C)C1. The largest absolute Gasteiger partial charge is 0.464 e. The van der Waals surface area contributed by atoms with Crippen LogP contribution in [0.1, 0.15) is 89.3 Å². The van der Waals surface area contributed by atoms with Gasteiger partial charge in [-0.25, -0.2) is 9.82 Å². The van der Waals surface area contributed by atoms with Gasteiger partial charge in [-0.05, 0) is 103 Å². The fourth-order valence-corrected chi connectivity index (χ4v) is 10.2. The van der Waals surface area contributed by atoms with Crippen LogP contribution in [0.5, 0.6) is 0 Å². The molecule has 0 radical (unpaired) electrons. The number of ether oxygens (including phenoxy) is 2.